The fourth-order valence-electron chi connectivity index (χ4n) is 2.47. The summed E-state index contributed by atoms with van der Waals surface area (Å²) in [7, 11) is 1.52. The molecule has 0 saturated heterocycles. The maximum absolute atomic E-state index is 12.6. The predicted molar refractivity (Wildman–Crippen MR) is 101 cm³/mol. The lowest BCUT2D eigenvalue weighted by Crippen LogP contribution is -2.13. The van der Waals surface area contributed by atoms with Gasteiger partial charge in [0.1, 0.15) is 5.15 Å². The highest BCUT2D eigenvalue weighted by Crippen LogP contribution is 2.24. The van der Waals surface area contributed by atoms with Gasteiger partial charge in [-0.1, -0.05) is 41.4 Å². The molecule has 1 N–H and O–H groups in total. The molecule has 0 bridgehead atoms. The molecule has 0 radical (unpaired) electrons. The normalized spacial score (nSPS) is 10.6. The minimum atomic E-state index is -0.357. The zero-order valence-corrected chi connectivity index (χ0v) is 15.7. The van der Waals surface area contributed by atoms with E-state index in [1.165, 1.54) is 13.3 Å². The van der Waals surface area contributed by atoms with Gasteiger partial charge in [0.05, 0.1) is 36.8 Å². The Labute approximate surface area is 160 Å². The molecular formula is C18H16Cl2N4O2. The van der Waals surface area contributed by atoms with Crippen molar-refractivity contribution in [2.45, 2.75) is 13.5 Å². The van der Waals surface area contributed by atoms with Crippen molar-refractivity contribution in [1.82, 2.24) is 14.8 Å². The van der Waals surface area contributed by atoms with Gasteiger partial charge in [-0.25, -0.2) is 9.67 Å². The van der Waals surface area contributed by atoms with Gasteiger partial charge in [0.2, 0.25) is 5.88 Å². The van der Waals surface area contributed by atoms with Gasteiger partial charge in [-0.2, -0.15) is 5.10 Å². The van der Waals surface area contributed by atoms with Crippen LogP contribution in [-0.2, 0) is 6.54 Å². The number of amides is 1. The monoisotopic (exact) mass is 390 g/mol. The molecular weight excluding hydrogens is 375 g/mol. The van der Waals surface area contributed by atoms with Crippen LogP contribution in [0.1, 0.15) is 21.6 Å². The maximum Gasteiger partial charge on any atom is 0.260 e. The summed E-state index contributed by atoms with van der Waals surface area (Å²) >= 11 is 12.6. The van der Waals surface area contributed by atoms with Crippen molar-refractivity contribution in [2.75, 3.05) is 12.4 Å². The van der Waals surface area contributed by atoms with Crippen molar-refractivity contribution in [3.05, 3.63) is 69.6 Å². The quantitative estimate of drug-likeness (QED) is 0.708. The summed E-state index contributed by atoms with van der Waals surface area (Å²) in [5, 5.41) is 7.99. The van der Waals surface area contributed by atoms with Crippen LogP contribution in [0, 0.1) is 6.92 Å². The number of rotatable bonds is 5. The van der Waals surface area contributed by atoms with E-state index in [9.17, 15) is 4.79 Å². The number of aryl methyl sites for hydroxylation is 1. The molecule has 2 heterocycles. The SMILES string of the molecule is COc1ccc(NC(=O)c2c(C)nn(Cc3ccccc3Cl)c2Cl)cn1. The number of carbonyl (C=O) groups excluding carboxylic acids is 1. The smallest absolute Gasteiger partial charge is 0.260 e. The second-order valence-corrected chi connectivity index (χ2v) is 6.31. The van der Waals surface area contributed by atoms with Crippen LogP contribution in [0.4, 0.5) is 5.69 Å². The Morgan fingerprint density at radius 1 is 1.23 bits per heavy atom. The average Bonchev–Trinajstić information content (AvgIpc) is 2.91. The second-order valence-electron chi connectivity index (χ2n) is 5.54. The number of benzene rings is 1. The van der Waals surface area contributed by atoms with Crippen molar-refractivity contribution in [3.63, 3.8) is 0 Å². The third-order valence-electron chi connectivity index (χ3n) is 3.77. The molecule has 0 atom stereocenters. The van der Waals surface area contributed by atoms with Crippen LogP contribution >= 0.6 is 23.2 Å². The minimum Gasteiger partial charge on any atom is -0.481 e. The standard InChI is InChI=1S/C18H16Cl2N4O2/c1-11-16(18(25)22-13-7-8-15(26-2)21-9-13)17(20)24(23-11)10-12-5-3-4-6-14(12)19/h3-9H,10H2,1-2H3,(H,22,25). The van der Waals surface area contributed by atoms with Gasteiger partial charge in [-0.3, -0.25) is 4.79 Å². The van der Waals surface area contributed by atoms with Gasteiger partial charge in [0, 0.05) is 11.1 Å². The number of halogens is 2. The van der Waals surface area contributed by atoms with Gasteiger partial charge >= 0.3 is 0 Å². The summed E-state index contributed by atoms with van der Waals surface area (Å²) in [6.07, 6.45) is 1.51. The van der Waals surface area contributed by atoms with Crippen molar-refractivity contribution in [3.8, 4) is 5.88 Å². The summed E-state index contributed by atoms with van der Waals surface area (Å²) in [5.74, 6) is 0.106. The molecule has 8 heteroatoms. The lowest BCUT2D eigenvalue weighted by molar-refractivity contribution is 0.102. The van der Waals surface area contributed by atoms with Crippen molar-refractivity contribution in [2.24, 2.45) is 0 Å². The highest BCUT2D eigenvalue weighted by atomic mass is 35.5. The molecule has 1 aromatic carbocycles. The number of hydrogen-bond donors (Lipinski definition) is 1. The topological polar surface area (TPSA) is 69.0 Å². The van der Waals surface area contributed by atoms with E-state index in [1.807, 2.05) is 18.2 Å². The number of pyridine rings is 1. The van der Waals surface area contributed by atoms with Crippen LogP contribution in [0.2, 0.25) is 10.2 Å². The number of hydrogen-bond acceptors (Lipinski definition) is 4. The summed E-state index contributed by atoms with van der Waals surface area (Å²) in [6.45, 7) is 2.10. The fourth-order valence-corrected chi connectivity index (χ4v) is 2.99. The zero-order valence-electron chi connectivity index (χ0n) is 14.2. The lowest BCUT2D eigenvalue weighted by atomic mass is 10.2. The summed E-state index contributed by atoms with van der Waals surface area (Å²) in [5.41, 5.74) is 2.24. The third kappa shape index (κ3) is 3.81. The van der Waals surface area contributed by atoms with Gasteiger partial charge in [-0.15, -0.1) is 0 Å². The molecule has 26 heavy (non-hydrogen) atoms. The van der Waals surface area contributed by atoms with Crippen LogP contribution in [0.15, 0.2) is 42.6 Å². The number of aromatic nitrogens is 3. The second kappa shape index (κ2) is 7.76. The highest BCUT2D eigenvalue weighted by Gasteiger charge is 2.21. The summed E-state index contributed by atoms with van der Waals surface area (Å²) in [6, 6.07) is 10.8. The molecule has 134 valence electrons. The van der Waals surface area contributed by atoms with Crippen LogP contribution in [0.3, 0.4) is 0 Å². The average molecular weight is 391 g/mol. The van der Waals surface area contributed by atoms with Gasteiger partial charge in [0.15, 0.2) is 0 Å². The highest BCUT2D eigenvalue weighted by molar-refractivity contribution is 6.34. The molecule has 6 nitrogen and oxygen atoms in total. The number of carbonyl (C=O) groups is 1. The predicted octanol–water partition coefficient (Wildman–Crippen LogP) is 4.20. The molecule has 0 aliphatic carbocycles. The molecule has 3 rings (SSSR count). The van der Waals surface area contributed by atoms with E-state index in [-0.39, 0.29) is 11.1 Å². The first-order chi connectivity index (χ1) is 12.5. The molecule has 0 unspecified atom stereocenters. The van der Waals surface area contributed by atoms with Crippen molar-refractivity contribution in [1.29, 1.82) is 0 Å². The first-order valence-corrected chi connectivity index (χ1v) is 8.53. The first kappa shape index (κ1) is 18.2. The third-order valence-corrected chi connectivity index (χ3v) is 4.53. The molecule has 2 aromatic heterocycles. The molecule has 3 aromatic rings. The largest absolute Gasteiger partial charge is 0.481 e. The van der Waals surface area contributed by atoms with Gasteiger partial charge < -0.3 is 10.1 Å². The molecule has 0 spiro atoms. The number of methoxy groups -OCH3 is 1. The molecule has 0 fully saturated rings. The van der Waals surface area contributed by atoms with E-state index in [2.05, 4.69) is 15.4 Å². The Morgan fingerprint density at radius 2 is 2.00 bits per heavy atom. The number of nitrogens with one attached hydrogen (secondary N) is 1. The number of anilines is 1. The Balaban J connectivity index is 1.82. The van der Waals surface area contributed by atoms with Crippen molar-refractivity contribution < 1.29 is 9.53 Å². The fraction of sp³-hybridized carbons (Fsp3) is 0.167. The van der Waals surface area contributed by atoms with E-state index in [0.29, 0.717) is 34.4 Å². The van der Waals surface area contributed by atoms with Crippen LogP contribution < -0.4 is 10.1 Å². The van der Waals surface area contributed by atoms with E-state index in [1.54, 1.807) is 29.8 Å². The van der Waals surface area contributed by atoms with Crippen LogP contribution in [0.5, 0.6) is 5.88 Å². The van der Waals surface area contributed by atoms with Gasteiger partial charge in [0.25, 0.3) is 5.91 Å². The van der Waals surface area contributed by atoms with Gasteiger partial charge in [-0.05, 0) is 24.6 Å². The summed E-state index contributed by atoms with van der Waals surface area (Å²) in [4.78, 5) is 16.7. The lowest BCUT2D eigenvalue weighted by Gasteiger charge is -2.07. The van der Waals surface area contributed by atoms with Crippen molar-refractivity contribution >= 4 is 34.8 Å². The number of nitrogens with zero attached hydrogens (tertiary/aromatic N) is 3. The Bertz CT molecular complexity index is 939. The van der Waals surface area contributed by atoms with E-state index >= 15 is 0 Å². The first-order valence-electron chi connectivity index (χ1n) is 7.77. The van der Waals surface area contributed by atoms with E-state index in [0.717, 1.165) is 5.56 Å². The minimum absolute atomic E-state index is 0.251. The molecule has 0 saturated carbocycles. The van der Waals surface area contributed by atoms with E-state index in [4.69, 9.17) is 27.9 Å². The Kier molecular flexibility index (Phi) is 5.44. The van der Waals surface area contributed by atoms with Crippen LogP contribution in [0.25, 0.3) is 0 Å². The molecule has 0 aliphatic heterocycles. The summed E-state index contributed by atoms with van der Waals surface area (Å²) < 4.78 is 6.55. The Morgan fingerprint density at radius 3 is 2.65 bits per heavy atom. The molecule has 1 amide bonds. The van der Waals surface area contributed by atoms with Crippen LogP contribution in [-0.4, -0.2) is 27.8 Å². The van der Waals surface area contributed by atoms with E-state index < -0.39 is 0 Å². The Hall–Kier alpha value is -2.57. The molecule has 0 aliphatic rings. The maximum atomic E-state index is 12.6. The number of ether oxygens (including phenoxy) is 1. The zero-order chi connectivity index (χ0) is 18.7.